The van der Waals surface area contributed by atoms with Gasteiger partial charge in [-0.05, 0) is 60.7 Å². The highest BCUT2D eigenvalue weighted by atomic mass is 35.5. The van der Waals surface area contributed by atoms with Crippen molar-refractivity contribution in [3.8, 4) is 5.75 Å². The van der Waals surface area contributed by atoms with E-state index in [9.17, 15) is 24.6 Å². The first-order valence-corrected chi connectivity index (χ1v) is 12.4. The number of carbonyl (C=O) groups excluding carboxylic acids is 2. The van der Waals surface area contributed by atoms with Gasteiger partial charge in [-0.1, -0.05) is 60.1 Å². The number of benzene rings is 3. The summed E-state index contributed by atoms with van der Waals surface area (Å²) in [6.07, 6.45) is 0.0123. The molecule has 190 valence electrons. The zero-order valence-corrected chi connectivity index (χ0v) is 21.4. The summed E-state index contributed by atoms with van der Waals surface area (Å²) in [4.78, 5) is 42.0. The minimum absolute atomic E-state index is 0.0123. The van der Waals surface area contributed by atoms with Gasteiger partial charge >= 0.3 is 5.97 Å². The SMILES string of the molecule is Cc1ccc(N2C(=O)C3C(c4cc(C)c(O)c(C)c4)NC(Cc4ccccc4)(C(=O)O)C3C2=O)cc1Cl. The van der Waals surface area contributed by atoms with Crippen LogP contribution in [0.25, 0.3) is 0 Å². The number of hydrogen-bond donors (Lipinski definition) is 3. The first-order chi connectivity index (χ1) is 17.5. The maximum absolute atomic E-state index is 14.0. The van der Waals surface area contributed by atoms with Crippen molar-refractivity contribution < 1.29 is 24.6 Å². The van der Waals surface area contributed by atoms with Crippen molar-refractivity contribution in [3.05, 3.63) is 93.5 Å². The molecule has 0 aliphatic carbocycles. The molecule has 37 heavy (non-hydrogen) atoms. The molecule has 3 aromatic rings. The molecule has 0 saturated carbocycles. The van der Waals surface area contributed by atoms with E-state index in [1.807, 2.05) is 37.3 Å². The number of nitrogens with one attached hydrogen (secondary N) is 1. The third kappa shape index (κ3) is 3.90. The van der Waals surface area contributed by atoms with Crippen LogP contribution in [-0.4, -0.2) is 33.5 Å². The van der Waals surface area contributed by atoms with Gasteiger partial charge < -0.3 is 10.2 Å². The summed E-state index contributed by atoms with van der Waals surface area (Å²) in [5.41, 5.74) is 1.95. The Kier molecular flexibility index (Phi) is 6.09. The number of hydrogen-bond acceptors (Lipinski definition) is 5. The molecule has 2 saturated heterocycles. The number of imide groups is 1. The number of aromatic hydroxyl groups is 1. The number of nitrogens with zero attached hydrogens (tertiary/aromatic N) is 1. The number of carboxylic acids is 1. The van der Waals surface area contributed by atoms with E-state index in [4.69, 9.17) is 11.6 Å². The molecule has 2 fully saturated rings. The van der Waals surface area contributed by atoms with Crippen molar-refractivity contribution in [2.45, 2.75) is 38.8 Å². The number of anilines is 1. The van der Waals surface area contributed by atoms with E-state index in [2.05, 4.69) is 5.32 Å². The molecule has 2 aliphatic heterocycles. The van der Waals surface area contributed by atoms with Crippen LogP contribution >= 0.6 is 11.6 Å². The van der Waals surface area contributed by atoms with Crippen LogP contribution in [0.1, 0.15) is 33.9 Å². The smallest absolute Gasteiger partial charge is 0.325 e. The lowest BCUT2D eigenvalue weighted by Gasteiger charge is -2.31. The van der Waals surface area contributed by atoms with Crippen molar-refractivity contribution in [3.63, 3.8) is 0 Å². The molecular weight excluding hydrogens is 492 g/mol. The third-order valence-electron chi connectivity index (χ3n) is 7.65. The number of halogens is 1. The van der Waals surface area contributed by atoms with E-state index in [1.165, 1.54) is 0 Å². The van der Waals surface area contributed by atoms with Crippen LogP contribution in [0.4, 0.5) is 5.69 Å². The summed E-state index contributed by atoms with van der Waals surface area (Å²) >= 11 is 6.32. The Labute approximate surface area is 219 Å². The predicted octanol–water partition coefficient (Wildman–Crippen LogP) is 4.49. The maximum atomic E-state index is 14.0. The van der Waals surface area contributed by atoms with Crippen molar-refractivity contribution >= 4 is 35.1 Å². The van der Waals surface area contributed by atoms with Gasteiger partial charge in [0.2, 0.25) is 11.8 Å². The van der Waals surface area contributed by atoms with Gasteiger partial charge in [-0.25, -0.2) is 4.90 Å². The van der Waals surface area contributed by atoms with Crippen LogP contribution in [0.2, 0.25) is 5.02 Å². The van der Waals surface area contributed by atoms with Gasteiger partial charge in [-0.2, -0.15) is 0 Å². The number of rotatable bonds is 5. The van der Waals surface area contributed by atoms with E-state index in [-0.39, 0.29) is 12.2 Å². The molecule has 3 N–H and O–H groups in total. The highest BCUT2D eigenvalue weighted by molar-refractivity contribution is 6.32. The largest absolute Gasteiger partial charge is 0.507 e. The van der Waals surface area contributed by atoms with Crippen LogP contribution in [0.15, 0.2) is 60.7 Å². The summed E-state index contributed by atoms with van der Waals surface area (Å²) < 4.78 is 0. The molecule has 0 bridgehead atoms. The number of phenolic OH excluding ortho intramolecular Hbond substituents is 1. The monoisotopic (exact) mass is 518 g/mol. The fraction of sp³-hybridized carbons (Fsp3) is 0.276. The lowest BCUT2D eigenvalue weighted by molar-refractivity contribution is -0.148. The van der Waals surface area contributed by atoms with E-state index in [1.54, 1.807) is 44.2 Å². The Morgan fingerprint density at radius 1 is 0.973 bits per heavy atom. The van der Waals surface area contributed by atoms with E-state index in [0.717, 1.165) is 16.0 Å². The Morgan fingerprint density at radius 2 is 1.62 bits per heavy atom. The lowest BCUT2D eigenvalue weighted by Crippen LogP contribution is -2.57. The van der Waals surface area contributed by atoms with Crippen molar-refractivity contribution in [1.29, 1.82) is 0 Å². The number of aryl methyl sites for hydroxylation is 3. The zero-order chi connectivity index (χ0) is 26.6. The molecule has 5 rings (SSSR count). The summed E-state index contributed by atoms with van der Waals surface area (Å²) in [6.45, 7) is 5.31. The van der Waals surface area contributed by atoms with Gasteiger partial charge in [-0.15, -0.1) is 0 Å². The highest BCUT2D eigenvalue weighted by Crippen LogP contribution is 2.51. The molecule has 2 aliphatic rings. The minimum atomic E-state index is -1.73. The van der Waals surface area contributed by atoms with Gasteiger partial charge in [-0.3, -0.25) is 19.7 Å². The molecule has 7 nitrogen and oxygen atoms in total. The second-order valence-corrected chi connectivity index (χ2v) is 10.4. The van der Waals surface area contributed by atoms with Gasteiger partial charge in [0.05, 0.1) is 17.5 Å². The zero-order valence-electron chi connectivity index (χ0n) is 20.7. The van der Waals surface area contributed by atoms with Crippen LogP contribution in [0, 0.1) is 32.6 Å². The molecule has 4 atom stereocenters. The molecule has 8 heteroatoms. The average Bonchev–Trinajstić information content (AvgIpc) is 3.34. The van der Waals surface area contributed by atoms with Crippen molar-refractivity contribution in [1.82, 2.24) is 5.32 Å². The summed E-state index contributed by atoms with van der Waals surface area (Å²) in [7, 11) is 0. The maximum Gasteiger partial charge on any atom is 0.325 e. The van der Waals surface area contributed by atoms with Crippen LogP contribution in [0.3, 0.4) is 0 Å². The van der Waals surface area contributed by atoms with Crippen LogP contribution < -0.4 is 10.2 Å². The summed E-state index contributed by atoms with van der Waals surface area (Å²) in [5.74, 6) is -4.24. The molecule has 2 amide bonds. The standard InChI is InChI=1S/C29H27ClN2O5/c1-15-9-10-20(13-21(15)30)32-26(34)22-23(27(32)35)29(28(36)37,14-18-7-5-4-6-8-18)31-24(22)19-11-16(2)25(33)17(3)12-19/h4-13,22-24,31,33H,14H2,1-3H3,(H,36,37). The van der Waals surface area contributed by atoms with Gasteiger partial charge in [0, 0.05) is 17.5 Å². The molecule has 2 heterocycles. The quantitative estimate of drug-likeness (QED) is 0.430. The number of amides is 2. The first kappa shape index (κ1) is 25.0. The number of phenols is 1. The predicted molar refractivity (Wildman–Crippen MR) is 140 cm³/mol. The minimum Gasteiger partial charge on any atom is -0.507 e. The van der Waals surface area contributed by atoms with E-state index >= 15 is 0 Å². The average molecular weight is 519 g/mol. The molecule has 3 aromatic carbocycles. The first-order valence-electron chi connectivity index (χ1n) is 12.0. The fourth-order valence-corrected chi connectivity index (χ4v) is 5.96. The Morgan fingerprint density at radius 3 is 2.22 bits per heavy atom. The molecule has 4 unspecified atom stereocenters. The van der Waals surface area contributed by atoms with Crippen LogP contribution in [-0.2, 0) is 20.8 Å². The number of aliphatic carboxylic acids is 1. The fourth-order valence-electron chi connectivity index (χ4n) is 5.79. The summed E-state index contributed by atoms with van der Waals surface area (Å²) in [5, 5.41) is 24.6. The summed E-state index contributed by atoms with van der Waals surface area (Å²) in [6, 6.07) is 16.7. The molecule has 0 spiro atoms. The molecule has 0 aromatic heterocycles. The second kappa shape index (κ2) is 9.01. The third-order valence-corrected chi connectivity index (χ3v) is 8.05. The second-order valence-electron chi connectivity index (χ2n) is 10.0. The van der Waals surface area contributed by atoms with Gasteiger partial charge in [0.25, 0.3) is 0 Å². The van der Waals surface area contributed by atoms with Gasteiger partial charge in [0.1, 0.15) is 11.3 Å². The molecular formula is C29H27ClN2O5. The highest BCUT2D eigenvalue weighted by Gasteiger charge is 2.68. The van der Waals surface area contributed by atoms with Gasteiger partial charge in [0.15, 0.2) is 0 Å². The molecule has 0 radical (unpaired) electrons. The Balaban J connectivity index is 1.69. The van der Waals surface area contributed by atoms with E-state index in [0.29, 0.717) is 27.4 Å². The Bertz CT molecular complexity index is 1420. The normalized spacial score (nSPS) is 25.0. The lowest BCUT2D eigenvalue weighted by atomic mass is 9.76. The number of carboxylic acid groups (broad SMARTS) is 1. The van der Waals surface area contributed by atoms with E-state index < -0.39 is 41.2 Å². The topological polar surface area (TPSA) is 107 Å². The number of carbonyl (C=O) groups is 3. The Hall–Kier alpha value is -3.68. The van der Waals surface area contributed by atoms with Crippen LogP contribution in [0.5, 0.6) is 5.75 Å². The van der Waals surface area contributed by atoms with Crippen molar-refractivity contribution in [2.75, 3.05) is 4.90 Å². The van der Waals surface area contributed by atoms with Crippen molar-refractivity contribution in [2.24, 2.45) is 11.8 Å². The number of fused-ring (bicyclic) bond motifs is 1.